The number of hydrazone groups is 1. The molecule has 0 unspecified atom stereocenters. The summed E-state index contributed by atoms with van der Waals surface area (Å²) in [5.74, 6) is 0.437. The molecular formula is C23H28N4O2. The van der Waals surface area contributed by atoms with E-state index in [9.17, 15) is 4.79 Å². The number of rotatable bonds is 7. The molecule has 2 aromatic carbocycles. The maximum atomic E-state index is 13.0. The first-order valence-electron chi connectivity index (χ1n) is 9.79. The molecule has 3 aromatic rings. The Bertz CT molecular complexity index is 1090. The molecule has 0 aliphatic rings. The van der Waals surface area contributed by atoms with Gasteiger partial charge in [-0.15, -0.1) is 0 Å². The van der Waals surface area contributed by atoms with Crippen LogP contribution in [0.3, 0.4) is 0 Å². The minimum absolute atomic E-state index is 0.0789. The number of methoxy groups -OCH3 is 1. The Kier molecular flexibility index (Phi) is 6.44. The van der Waals surface area contributed by atoms with E-state index in [-0.39, 0.29) is 5.56 Å². The van der Waals surface area contributed by atoms with Crippen molar-refractivity contribution in [3.05, 3.63) is 69.0 Å². The van der Waals surface area contributed by atoms with Crippen molar-refractivity contribution >= 4 is 22.6 Å². The minimum Gasteiger partial charge on any atom is -0.385 e. The third-order valence-corrected chi connectivity index (χ3v) is 4.95. The van der Waals surface area contributed by atoms with Crippen molar-refractivity contribution in [2.75, 3.05) is 19.1 Å². The molecule has 0 radical (unpaired) electrons. The summed E-state index contributed by atoms with van der Waals surface area (Å²) in [6.07, 6.45) is 0.712. The van der Waals surface area contributed by atoms with Gasteiger partial charge in [-0.3, -0.25) is 9.36 Å². The molecule has 0 saturated heterocycles. The molecular weight excluding hydrogens is 364 g/mol. The normalized spacial score (nSPS) is 11.8. The first-order valence-corrected chi connectivity index (χ1v) is 9.79. The smallest absolute Gasteiger partial charge is 0.262 e. The highest BCUT2D eigenvalue weighted by molar-refractivity contribution is 6.01. The van der Waals surface area contributed by atoms with Crippen LogP contribution in [0.1, 0.15) is 35.6 Å². The highest BCUT2D eigenvalue weighted by Crippen LogP contribution is 2.18. The molecule has 1 N–H and O–H groups in total. The molecule has 0 aliphatic carbocycles. The lowest BCUT2D eigenvalue weighted by atomic mass is 9.97. The predicted octanol–water partition coefficient (Wildman–Crippen LogP) is 4.19. The van der Waals surface area contributed by atoms with Gasteiger partial charge in [-0.05, 0) is 57.4 Å². The zero-order valence-corrected chi connectivity index (χ0v) is 17.7. The highest BCUT2D eigenvalue weighted by Gasteiger charge is 2.12. The number of benzene rings is 2. The second kappa shape index (κ2) is 9.01. The van der Waals surface area contributed by atoms with E-state index in [4.69, 9.17) is 4.74 Å². The largest absolute Gasteiger partial charge is 0.385 e. The second-order valence-corrected chi connectivity index (χ2v) is 7.34. The SMILES string of the molecule is COCCCn1c(N/N=C(/C)c2c(C)cc(C)cc2C)nc2ccccc2c1=O. The Morgan fingerprint density at radius 1 is 1.17 bits per heavy atom. The third kappa shape index (κ3) is 4.54. The molecule has 6 heteroatoms. The number of nitrogens with one attached hydrogen (secondary N) is 1. The summed E-state index contributed by atoms with van der Waals surface area (Å²) < 4.78 is 6.77. The summed E-state index contributed by atoms with van der Waals surface area (Å²) in [6.45, 7) is 9.30. The van der Waals surface area contributed by atoms with Crippen molar-refractivity contribution in [2.45, 2.75) is 40.7 Å². The van der Waals surface area contributed by atoms with Gasteiger partial charge in [-0.1, -0.05) is 29.8 Å². The molecule has 6 nitrogen and oxygen atoms in total. The monoisotopic (exact) mass is 392 g/mol. The van der Waals surface area contributed by atoms with Gasteiger partial charge in [0.1, 0.15) is 0 Å². The van der Waals surface area contributed by atoms with Crippen LogP contribution in [0.5, 0.6) is 0 Å². The Labute approximate surface area is 171 Å². The number of ether oxygens (including phenoxy) is 1. The van der Waals surface area contributed by atoms with E-state index in [1.54, 1.807) is 17.7 Å². The average molecular weight is 393 g/mol. The van der Waals surface area contributed by atoms with Gasteiger partial charge < -0.3 is 4.74 Å². The van der Waals surface area contributed by atoms with E-state index >= 15 is 0 Å². The van der Waals surface area contributed by atoms with Gasteiger partial charge >= 0.3 is 0 Å². The van der Waals surface area contributed by atoms with Crippen molar-refractivity contribution < 1.29 is 4.74 Å². The number of anilines is 1. The second-order valence-electron chi connectivity index (χ2n) is 7.34. The molecule has 152 valence electrons. The van der Waals surface area contributed by atoms with Gasteiger partial charge in [0, 0.05) is 25.8 Å². The van der Waals surface area contributed by atoms with E-state index < -0.39 is 0 Å². The summed E-state index contributed by atoms with van der Waals surface area (Å²) in [5.41, 5.74) is 9.15. The van der Waals surface area contributed by atoms with Gasteiger partial charge in [0.05, 0.1) is 16.6 Å². The molecule has 1 aromatic heterocycles. The molecule has 1 heterocycles. The van der Waals surface area contributed by atoms with E-state index in [2.05, 4.69) is 48.4 Å². The lowest BCUT2D eigenvalue weighted by Gasteiger charge is -2.14. The lowest BCUT2D eigenvalue weighted by molar-refractivity contribution is 0.190. The van der Waals surface area contributed by atoms with Crippen molar-refractivity contribution in [2.24, 2.45) is 5.10 Å². The molecule has 29 heavy (non-hydrogen) atoms. The van der Waals surface area contributed by atoms with E-state index in [0.717, 1.165) is 11.3 Å². The van der Waals surface area contributed by atoms with E-state index in [0.29, 0.717) is 36.4 Å². The Hall–Kier alpha value is -2.99. The Morgan fingerprint density at radius 3 is 2.55 bits per heavy atom. The number of aryl methyl sites for hydroxylation is 3. The maximum Gasteiger partial charge on any atom is 0.262 e. The van der Waals surface area contributed by atoms with Crippen LogP contribution in [0.4, 0.5) is 5.95 Å². The van der Waals surface area contributed by atoms with Crippen LogP contribution >= 0.6 is 0 Å². The third-order valence-electron chi connectivity index (χ3n) is 4.95. The van der Waals surface area contributed by atoms with Crippen molar-refractivity contribution in [1.82, 2.24) is 9.55 Å². The van der Waals surface area contributed by atoms with E-state index in [1.165, 1.54) is 16.7 Å². The van der Waals surface area contributed by atoms with Gasteiger partial charge in [0.15, 0.2) is 0 Å². The van der Waals surface area contributed by atoms with Gasteiger partial charge in [0.25, 0.3) is 5.56 Å². The maximum absolute atomic E-state index is 13.0. The highest BCUT2D eigenvalue weighted by atomic mass is 16.5. The molecule has 3 rings (SSSR count). The average Bonchev–Trinajstić information content (AvgIpc) is 2.67. The molecule has 0 spiro atoms. The predicted molar refractivity (Wildman–Crippen MR) is 119 cm³/mol. The van der Waals surface area contributed by atoms with Crippen LogP contribution in [0.25, 0.3) is 10.9 Å². The van der Waals surface area contributed by atoms with Crippen molar-refractivity contribution in [1.29, 1.82) is 0 Å². The van der Waals surface area contributed by atoms with Crippen LogP contribution in [-0.2, 0) is 11.3 Å². The number of hydrogen-bond acceptors (Lipinski definition) is 5. The number of nitrogens with zero attached hydrogens (tertiary/aromatic N) is 3. The number of aromatic nitrogens is 2. The van der Waals surface area contributed by atoms with Crippen molar-refractivity contribution in [3.63, 3.8) is 0 Å². The lowest BCUT2D eigenvalue weighted by Crippen LogP contribution is -2.25. The van der Waals surface area contributed by atoms with Gasteiger partial charge in [0.2, 0.25) is 5.95 Å². The van der Waals surface area contributed by atoms with Crippen LogP contribution in [-0.4, -0.2) is 29.0 Å². The molecule has 0 saturated carbocycles. The molecule has 0 bridgehead atoms. The van der Waals surface area contributed by atoms with Crippen molar-refractivity contribution in [3.8, 4) is 0 Å². The molecule has 0 atom stereocenters. The summed E-state index contributed by atoms with van der Waals surface area (Å²) in [5, 5.41) is 5.16. The quantitative estimate of drug-likeness (QED) is 0.372. The fourth-order valence-corrected chi connectivity index (χ4v) is 3.77. The topological polar surface area (TPSA) is 68.5 Å². The number of para-hydroxylation sites is 1. The summed E-state index contributed by atoms with van der Waals surface area (Å²) in [7, 11) is 1.65. The van der Waals surface area contributed by atoms with Crippen LogP contribution < -0.4 is 11.0 Å². The van der Waals surface area contributed by atoms with Gasteiger partial charge in [-0.25, -0.2) is 10.4 Å². The molecule has 0 aliphatic heterocycles. The molecule has 0 amide bonds. The Balaban J connectivity index is 2.01. The fraction of sp³-hybridized carbons (Fsp3) is 0.348. The fourth-order valence-electron chi connectivity index (χ4n) is 3.77. The minimum atomic E-state index is -0.0789. The first-order chi connectivity index (χ1) is 13.9. The zero-order chi connectivity index (χ0) is 21.0. The van der Waals surface area contributed by atoms with Crippen LogP contribution in [0.2, 0.25) is 0 Å². The van der Waals surface area contributed by atoms with Crippen LogP contribution in [0.15, 0.2) is 46.3 Å². The number of fused-ring (bicyclic) bond motifs is 1. The summed E-state index contributed by atoms with van der Waals surface area (Å²) in [6, 6.07) is 11.7. The summed E-state index contributed by atoms with van der Waals surface area (Å²) >= 11 is 0. The standard InChI is InChI=1S/C23H28N4O2/c1-15-13-16(2)21(17(3)14-15)18(4)25-26-23-24-20-10-7-6-9-19(20)22(28)27(23)11-8-12-29-5/h6-7,9-10,13-14H,8,11-12H2,1-5H3,(H,24,26)/b25-18-. The van der Waals surface area contributed by atoms with Crippen LogP contribution in [0, 0.1) is 20.8 Å². The first kappa shape index (κ1) is 20.7. The number of hydrogen-bond donors (Lipinski definition) is 1. The molecule has 0 fully saturated rings. The van der Waals surface area contributed by atoms with E-state index in [1.807, 2.05) is 25.1 Å². The Morgan fingerprint density at radius 2 is 1.86 bits per heavy atom. The van der Waals surface area contributed by atoms with Gasteiger partial charge in [-0.2, -0.15) is 5.10 Å². The zero-order valence-electron chi connectivity index (χ0n) is 17.7. The summed E-state index contributed by atoms with van der Waals surface area (Å²) in [4.78, 5) is 17.6.